The minimum Gasteiger partial charge on any atom is -0.489 e. The van der Waals surface area contributed by atoms with E-state index in [4.69, 9.17) is 15.5 Å². The maximum Gasteiger partial charge on any atom is 0.162 e. The van der Waals surface area contributed by atoms with Crippen molar-refractivity contribution in [1.82, 2.24) is 15.3 Å². The van der Waals surface area contributed by atoms with Crippen LogP contribution in [0.4, 0.5) is 11.5 Å². The number of sulfone groups is 1. The summed E-state index contributed by atoms with van der Waals surface area (Å²) in [6.45, 7) is 2.60. The van der Waals surface area contributed by atoms with Crippen molar-refractivity contribution in [2.75, 3.05) is 42.7 Å². The average molecular weight is 520 g/mol. The second-order valence-electron chi connectivity index (χ2n) is 8.98. The molecule has 0 atom stereocenters. The number of hydrogen-bond acceptors (Lipinski definition) is 8. The summed E-state index contributed by atoms with van der Waals surface area (Å²) in [6, 6.07) is 23.7. The molecular formula is C28H33N5O3S. The number of ether oxygens (including phenoxy) is 1. The Morgan fingerprint density at radius 2 is 1.65 bits per heavy atom. The molecule has 0 bridgehead atoms. The predicted molar refractivity (Wildman–Crippen MR) is 150 cm³/mol. The Kier molecular flexibility index (Phi) is 8.92. The van der Waals surface area contributed by atoms with E-state index in [1.54, 1.807) is 0 Å². The number of anilines is 2. The number of nitrogens with two attached hydrogens (primary N) is 1. The second-order valence-corrected chi connectivity index (χ2v) is 11.2. The van der Waals surface area contributed by atoms with Crippen molar-refractivity contribution in [3.63, 3.8) is 0 Å². The highest BCUT2D eigenvalue weighted by molar-refractivity contribution is 7.90. The van der Waals surface area contributed by atoms with Crippen LogP contribution >= 0.6 is 0 Å². The number of nitrogen functional groups attached to an aromatic ring is 1. The van der Waals surface area contributed by atoms with Crippen LogP contribution < -0.4 is 21.1 Å². The van der Waals surface area contributed by atoms with E-state index in [9.17, 15) is 8.42 Å². The molecule has 0 aliphatic heterocycles. The Morgan fingerprint density at radius 1 is 0.892 bits per heavy atom. The van der Waals surface area contributed by atoms with Crippen LogP contribution in [0.25, 0.3) is 22.3 Å². The van der Waals surface area contributed by atoms with Crippen LogP contribution in [0, 0.1) is 0 Å². The molecule has 0 aliphatic rings. The van der Waals surface area contributed by atoms with Gasteiger partial charge >= 0.3 is 0 Å². The van der Waals surface area contributed by atoms with Crippen LogP contribution in [0.2, 0.25) is 0 Å². The number of fused-ring (bicyclic) bond motifs is 1. The maximum absolute atomic E-state index is 11.1. The average Bonchev–Trinajstić information content (AvgIpc) is 2.89. The molecule has 0 amide bonds. The lowest BCUT2D eigenvalue weighted by atomic mass is 10.1. The van der Waals surface area contributed by atoms with E-state index in [1.807, 2.05) is 72.8 Å². The molecular weight excluding hydrogens is 486 g/mol. The van der Waals surface area contributed by atoms with Crippen LogP contribution in [0.3, 0.4) is 0 Å². The summed E-state index contributed by atoms with van der Waals surface area (Å²) in [5, 5.41) is 7.37. The number of unbranched alkanes of at least 4 members (excludes halogenated alkanes) is 1. The van der Waals surface area contributed by atoms with Crippen molar-refractivity contribution in [3.8, 4) is 17.1 Å². The van der Waals surface area contributed by atoms with Crippen LogP contribution in [-0.4, -0.2) is 50.0 Å². The summed E-state index contributed by atoms with van der Waals surface area (Å²) in [4.78, 5) is 9.25. The molecule has 0 saturated carbocycles. The van der Waals surface area contributed by atoms with Crippen molar-refractivity contribution < 1.29 is 13.2 Å². The molecule has 4 N–H and O–H groups in total. The van der Waals surface area contributed by atoms with Gasteiger partial charge in [0.2, 0.25) is 0 Å². The predicted octanol–water partition coefficient (Wildman–Crippen LogP) is 4.28. The fraction of sp³-hybridized carbons (Fsp3) is 0.286. The van der Waals surface area contributed by atoms with Gasteiger partial charge in [0.15, 0.2) is 5.82 Å². The third-order valence-electron chi connectivity index (χ3n) is 5.85. The zero-order valence-electron chi connectivity index (χ0n) is 21.0. The Hall–Kier alpha value is -3.69. The summed E-state index contributed by atoms with van der Waals surface area (Å²) in [6.07, 6.45) is 3.16. The van der Waals surface area contributed by atoms with E-state index in [-0.39, 0.29) is 5.75 Å². The fourth-order valence-electron chi connectivity index (χ4n) is 3.82. The number of nitrogens with one attached hydrogen (secondary N) is 2. The first-order valence-electron chi connectivity index (χ1n) is 12.3. The summed E-state index contributed by atoms with van der Waals surface area (Å²) >= 11 is 0. The molecule has 8 nitrogen and oxygen atoms in total. The molecule has 0 aliphatic carbocycles. The first-order valence-corrected chi connectivity index (χ1v) is 14.4. The van der Waals surface area contributed by atoms with E-state index in [0.717, 1.165) is 59.4 Å². The van der Waals surface area contributed by atoms with E-state index >= 15 is 0 Å². The van der Waals surface area contributed by atoms with Gasteiger partial charge < -0.3 is 21.1 Å². The molecule has 4 rings (SSSR count). The topological polar surface area (TPSA) is 119 Å². The minimum atomic E-state index is -2.91. The number of rotatable bonds is 13. The largest absolute Gasteiger partial charge is 0.489 e. The second kappa shape index (κ2) is 12.5. The van der Waals surface area contributed by atoms with Gasteiger partial charge in [-0.2, -0.15) is 0 Å². The summed E-state index contributed by atoms with van der Waals surface area (Å²) in [5.74, 6) is 1.95. The van der Waals surface area contributed by atoms with Crippen LogP contribution in [0.15, 0.2) is 72.8 Å². The van der Waals surface area contributed by atoms with Gasteiger partial charge in [0, 0.05) is 36.0 Å². The lowest BCUT2D eigenvalue weighted by Gasteiger charge is -2.11. The van der Waals surface area contributed by atoms with Gasteiger partial charge in [0.25, 0.3) is 0 Å². The van der Waals surface area contributed by atoms with Gasteiger partial charge in [-0.15, -0.1) is 0 Å². The Labute approximate surface area is 218 Å². The normalized spacial score (nSPS) is 11.5. The van der Waals surface area contributed by atoms with Gasteiger partial charge in [-0.25, -0.2) is 18.4 Å². The van der Waals surface area contributed by atoms with Crippen LogP contribution in [-0.2, 0) is 16.4 Å². The SMILES string of the molecule is CS(=O)(=O)CCNCCCCNc1ccc2nc(-c3ccc(OCc4ccccc4)cc3)nc(N)c2c1. The molecule has 0 spiro atoms. The van der Waals surface area contributed by atoms with Crippen molar-refractivity contribution in [3.05, 3.63) is 78.4 Å². The van der Waals surface area contributed by atoms with Gasteiger partial charge in [-0.1, -0.05) is 30.3 Å². The van der Waals surface area contributed by atoms with E-state index < -0.39 is 9.84 Å². The third kappa shape index (κ3) is 8.16. The summed E-state index contributed by atoms with van der Waals surface area (Å²) < 4.78 is 28.1. The smallest absolute Gasteiger partial charge is 0.162 e. The summed E-state index contributed by atoms with van der Waals surface area (Å²) in [7, 11) is -2.91. The van der Waals surface area contributed by atoms with Crippen molar-refractivity contribution in [2.45, 2.75) is 19.4 Å². The first-order chi connectivity index (χ1) is 17.9. The zero-order valence-corrected chi connectivity index (χ0v) is 21.8. The lowest BCUT2D eigenvalue weighted by molar-refractivity contribution is 0.306. The molecule has 37 heavy (non-hydrogen) atoms. The molecule has 4 aromatic rings. The van der Waals surface area contributed by atoms with Crippen LogP contribution in [0.5, 0.6) is 5.75 Å². The minimum absolute atomic E-state index is 0.169. The molecule has 3 aromatic carbocycles. The monoisotopic (exact) mass is 519 g/mol. The van der Waals surface area contributed by atoms with Crippen molar-refractivity contribution >= 4 is 32.2 Å². The number of benzene rings is 3. The molecule has 0 fully saturated rings. The highest BCUT2D eigenvalue weighted by atomic mass is 32.2. The molecule has 1 aromatic heterocycles. The standard InChI is InChI=1S/C28H33N5O3S/c1-37(34,35)18-17-30-15-5-6-16-31-23-11-14-26-25(19-23)27(29)33-28(32-26)22-9-12-24(13-10-22)36-20-21-7-3-2-4-8-21/h2-4,7-14,19,30-31H,5-6,15-18,20H2,1H3,(H2,29,32,33). The molecule has 0 saturated heterocycles. The third-order valence-corrected chi connectivity index (χ3v) is 6.79. The Balaban J connectivity index is 1.30. The molecule has 194 valence electrons. The van der Waals surface area contributed by atoms with Crippen molar-refractivity contribution in [1.29, 1.82) is 0 Å². The molecule has 0 unspecified atom stereocenters. The van der Waals surface area contributed by atoms with Gasteiger partial charge in [-0.05, 0) is 67.4 Å². The Morgan fingerprint density at radius 3 is 2.41 bits per heavy atom. The quantitative estimate of drug-likeness (QED) is 0.224. The van der Waals surface area contributed by atoms with Gasteiger partial charge in [0.05, 0.1) is 11.3 Å². The number of aromatic nitrogens is 2. The molecule has 9 heteroatoms. The highest BCUT2D eigenvalue weighted by Gasteiger charge is 2.09. The molecule has 0 radical (unpaired) electrons. The van der Waals surface area contributed by atoms with E-state index in [2.05, 4.69) is 15.6 Å². The fourth-order valence-corrected chi connectivity index (χ4v) is 4.34. The van der Waals surface area contributed by atoms with Crippen molar-refractivity contribution in [2.24, 2.45) is 0 Å². The van der Waals surface area contributed by atoms with Gasteiger partial charge in [0.1, 0.15) is 28.0 Å². The highest BCUT2D eigenvalue weighted by Crippen LogP contribution is 2.27. The number of nitrogens with zero attached hydrogens (tertiary/aromatic N) is 2. The van der Waals surface area contributed by atoms with Gasteiger partial charge in [-0.3, -0.25) is 0 Å². The summed E-state index contributed by atoms with van der Waals surface area (Å²) in [5.41, 5.74) is 10.0. The lowest BCUT2D eigenvalue weighted by Crippen LogP contribution is -2.23. The maximum atomic E-state index is 11.1. The van der Waals surface area contributed by atoms with Crippen LogP contribution in [0.1, 0.15) is 18.4 Å². The van der Waals surface area contributed by atoms with E-state index in [0.29, 0.717) is 24.8 Å². The first kappa shape index (κ1) is 26.4. The number of hydrogen-bond donors (Lipinski definition) is 3. The Bertz CT molecular complexity index is 1410. The zero-order chi connectivity index (χ0) is 26.1. The molecule has 1 heterocycles. The van der Waals surface area contributed by atoms with E-state index in [1.165, 1.54) is 6.26 Å².